The molecule has 0 spiro atoms. The fraction of sp³-hybridized carbons (Fsp3) is 0.789. The molecule has 63 heavy (non-hydrogen) atoms. The van der Waals surface area contributed by atoms with Gasteiger partial charge in [-0.25, -0.2) is 9.59 Å². The minimum absolute atomic E-state index is 0.00782. The molecule has 0 aliphatic carbocycles. The van der Waals surface area contributed by atoms with E-state index < -0.39 is 24.1 Å². The highest BCUT2D eigenvalue weighted by Gasteiger charge is 2.22. The normalized spacial score (nSPS) is 12.2. The molecule has 0 aromatic carbocycles. The molecule has 376 valence electrons. The first-order chi connectivity index (χ1) is 29.9. The van der Waals surface area contributed by atoms with E-state index in [-0.39, 0.29) is 44.4 Å². The summed E-state index contributed by atoms with van der Waals surface area (Å²) < 4.78 is 24.5. The lowest BCUT2D eigenvalue weighted by Gasteiger charge is -2.18. The van der Waals surface area contributed by atoms with Gasteiger partial charge in [0.25, 0.3) is 11.8 Å². The lowest BCUT2D eigenvalue weighted by Crippen LogP contribution is -2.37. The molecule has 2 heterocycles. The second-order valence-corrected chi connectivity index (χ2v) is 12.1. The predicted octanol–water partition coefficient (Wildman–Crippen LogP) is 1.34. The van der Waals surface area contributed by atoms with E-state index >= 15 is 0 Å². The highest BCUT2D eigenvalue weighted by atomic mass is 32.1. The van der Waals surface area contributed by atoms with Crippen LogP contribution in [0.3, 0.4) is 0 Å². The Hall–Kier alpha value is -3.18. The molecule has 2 aliphatic heterocycles. The zero-order valence-corrected chi connectivity index (χ0v) is 41.4. The molecule has 0 atom stereocenters. The van der Waals surface area contributed by atoms with Gasteiger partial charge in [0.2, 0.25) is 0 Å². The molecule has 1 fully saturated rings. The summed E-state index contributed by atoms with van der Waals surface area (Å²) in [6.07, 6.45) is 2.70. The van der Waals surface area contributed by atoms with Crippen LogP contribution >= 0.6 is 25.6 Å². The van der Waals surface area contributed by atoms with Crippen LogP contribution in [0.5, 0.6) is 0 Å². The largest absolute Gasteiger partial charge is 0.528 e. The first-order valence-corrected chi connectivity index (χ1v) is 21.2. The number of rotatable bonds is 21. The molecule has 0 aromatic rings. The van der Waals surface area contributed by atoms with Crippen molar-refractivity contribution in [3.05, 3.63) is 12.2 Å². The smallest absolute Gasteiger partial charge is 0.480 e. The Morgan fingerprint density at radius 3 is 1.51 bits per heavy atom. The van der Waals surface area contributed by atoms with Gasteiger partial charge in [-0.1, -0.05) is 63.1 Å². The number of hydrogen-bond donors (Lipinski definition) is 8. The van der Waals surface area contributed by atoms with Gasteiger partial charge < -0.3 is 58.9 Å². The number of ether oxygens (including phenoxy) is 5. The van der Waals surface area contributed by atoms with Gasteiger partial charge in [-0.3, -0.25) is 33.9 Å². The van der Waals surface area contributed by atoms with Crippen molar-refractivity contribution in [2.45, 2.75) is 68.1 Å². The Morgan fingerprint density at radius 2 is 1.19 bits per heavy atom. The summed E-state index contributed by atoms with van der Waals surface area (Å²) in [5.74, 6) is -2.42. The number of aliphatic hydroxyl groups is 1. The third-order valence-electron chi connectivity index (χ3n) is 6.76. The Bertz CT molecular complexity index is 1070. The molecule has 0 radical (unpaired) electrons. The van der Waals surface area contributed by atoms with Gasteiger partial charge >= 0.3 is 24.1 Å². The second kappa shape index (κ2) is 56.8. The first kappa shape index (κ1) is 71.5. The minimum Gasteiger partial charge on any atom is -0.480 e. The minimum atomic E-state index is -0.775. The number of nitrogens with one attached hydrogen (secondary N) is 3. The van der Waals surface area contributed by atoms with Crippen LogP contribution in [0.4, 0.5) is 4.79 Å². The number of aliphatic carboxylic acids is 2. The lowest BCUT2D eigenvalue weighted by atomic mass is 10.4. The van der Waals surface area contributed by atoms with Crippen molar-refractivity contribution in [2.24, 2.45) is 0 Å². The number of aliphatic hydroxyl groups excluding tert-OH is 1. The van der Waals surface area contributed by atoms with Crippen LogP contribution in [0, 0.1) is 0 Å². The van der Waals surface area contributed by atoms with Crippen LogP contribution in [-0.4, -0.2) is 210 Å². The first-order valence-electron chi connectivity index (χ1n) is 20.3. The van der Waals surface area contributed by atoms with Crippen molar-refractivity contribution in [2.75, 3.05) is 133 Å². The number of carboxylic acids is 2. The number of thiol groups is 2. The molecular formula is C38H81N7O16S2. The number of nitrogens with zero attached hydrogens (tertiary/aromatic N) is 4. The van der Waals surface area contributed by atoms with Crippen molar-refractivity contribution in [1.82, 2.24) is 34.7 Å². The Balaban J connectivity index is -0.000000151. The van der Waals surface area contributed by atoms with Crippen LogP contribution in [0.25, 0.3) is 0 Å². The molecule has 1 saturated heterocycles. The van der Waals surface area contributed by atoms with Crippen LogP contribution in [0.2, 0.25) is 0 Å². The number of amides is 2. The van der Waals surface area contributed by atoms with Crippen molar-refractivity contribution in [3.8, 4) is 0 Å². The molecule has 0 aromatic heterocycles. The van der Waals surface area contributed by atoms with Gasteiger partial charge in [0.15, 0.2) is 6.29 Å². The van der Waals surface area contributed by atoms with Crippen LogP contribution in [0.15, 0.2) is 12.2 Å². The zero-order valence-electron chi connectivity index (χ0n) is 39.6. The molecule has 0 bridgehead atoms. The molecule has 2 aliphatic rings. The van der Waals surface area contributed by atoms with Gasteiger partial charge in [0.05, 0.1) is 39.5 Å². The third kappa shape index (κ3) is 63.2. The van der Waals surface area contributed by atoms with Gasteiger partial charge in [0, 0.05) is 51.5 Å². The van der Waals surface area contributed by atoms with Crippen LogP contribution in [0.1, 0.15) is 61.8 Å². The van der Waals surface area contributed by atoms with Crippen molar-refractivity contribution >= 4 is 61.5 Å². The fourth-order valence-electron chi connectivity index (χ4n) is 3.11. The topological polar surface area (TPSA) is 277 Å². The maximum absolute atomic E-state index is 11.1. The standard InChI is InChI=1S/C9H14N2O2.C7H14O3.2C5H11NO2.C4H9NO3S.C3H7NO3S.C3H9N.C2H6O/c1-3-10(2)6-7-11-8(12)4-5-9(11)13;1-2-8-4-3-7-9-5-6-10-7;2*1-3-6(2)4-5(7)8;1-2-7-3-4(6)8-5-9;1-2-6-3(5)7-4-8;1-3-4-2;1-2-3/h4-5H,3,6-7H2,1-2H3;7H,2-6H2,1H3;2*3-4H2,1-2H3,(H,7,8);5,9H,2-3H2,1H3;4,8H,2H2,1H3;4H,3H2,1-2H3;3H,2H2,1H3. The van der Waals surface area contributed by atoms with E-state index in [1.807, 2.05) is 51.6 Å². The molecule has 0 saturated carbocycles. The summed E-state index contributed by atoms with van der Waals surface area (Å²) in [5.41, 5.74) is 0. The number of carbonyl (C=O) groups excluding carboxylic acids is 4. The van der Waals surface area contributed by atoms with Crippen molar-refractivity contribution < 1.29 is 77.4 Å². The molecule has 2 rings (SSSR count). The van der Waals surface area contributed by atoms with E-state index in [9.17, 15) is 28.8 Å². The number of imide groups is 1. The van der Waals surface area contributed by atoms with E-state index in [0.29, 0.717) is 19.8 Å². The van der Waals surface area contributed by atoms with Gasteiger partial charge in [-0.15, -0.1) is 0 Å². The zero-order chi connectivity index (χ0) is 49.9. The molecule has 6 N–H and O–H groups in total. The van der Waals surface area contributed by atoms with E-state index in [2.05, 4.69) is 57.2 Å². The Morgan fingerprint density at radius 1 is 0.762 bits per heavy atom. The lowest BCUT2D eigenvalue weighted by molar-refractivity contribution is -0.151. The second-order valence-electron chi connectivity index (χ2n) is 11.8. The van der Waals surface area contributed by atoms with Crippen molar-refractivity contribution in [1.29, 1.82) is 0 Å². The van der Waals surface area contributed by atoms with Gasteiger partial charge in [0.1, 0.15) is 6.61 Å². The maximum Gasteiger partial charge on any atom is 0.528 e. The number of carbonyl (C=O) groups is 6. The highest BCUT2D eigenvalue weighted by Crippen LogP contribution is 2.07. The van der Waals surface area contributed by atoms with Crippen LogP contribution < -0.4 is 15.1 Å². The summed E-state index contributed by atoms with van der Waals surface area (Å²) in [7, 11) is 7.43. The van der Waals surface area contributed by atoms with Crippen LogP contribution in [-0.2, 0) is 57.3 Å². The fourth-order valence-corrected chi connectivity index (χ4v) is 3.29. The molecule has 0 unspecified atom stereocenters. The molecule has 23 nitrogen and oxygen atoms in total. The van der Waals surface area contributed by atoms with Crippen molar-refractivity contribution in [3.63, 3.8) is 0 Å². The molecular weight excluding hydrogens is 875 g/mol. The predicted molar refractivity (Wildman–Crippen MR) is 245 cm³/mol. The summed E-state index contributed by atoms with van der Waals surface area (Å²) >= 11 is 6.81. The van der Waals surface area contributed by atoms with Gasteiger partial charge in [-0.05, 0) is 82.1 Å². The maximum atomic E-state index is 11.1. The number of hydrogen-bond acceptors (Lipinski definition) is 22. The summed E-state index contributed by atoms with van der Waals surface area (Å²) in [6, 6.07) is 0. The summed E-state index contributed by atoms with van der Waals surface area (Å²) in [4.78, 5) is 81.3. The third-order valence-corrected chi connectivity index (χ3v) is 6.94. The number of likely N-dealkylation sites (N-methyl/N-ethyl adjacent to an activating group) is 3. The highest BCUT2D eigenvalue weighted by molar-refractivity contribution is 7.78. The van der Waals surface area contributed by atoms with E-state index in [4.69, 9.17) is 34.3 Å². The number of carboxylic acid groups (broad SMARTS) is 2. The Labute approximate surface area is 386 Å². The monoisotopic (exact) mass is 956 g/mol. The molecule has 2 amide bonds. The average molecular weight is 956 g/mol. The Kier molecular flexibility index (Phi) is 64.5. The average Bonchev–Trinajstić information content (AvgIpc) is 3.89. The summed E-state index contributed by atoms with van der Waals surface area (Å²) in [6.45, 7) is 24.1. The van der Waals surface area contributed by atoms with E-state index in [1.54, 1.807) is 44.7 Å². The molecule has 25 heteroatoms. The van der Waals surface area contributed by atoms with Gasteiger partial charge in [-0.2, -0.15) is 0 Å². The SMILES string of the molecule is CCN(C)CC(=O)O.CCN(C)CC(=O)O.CCN(C)CCN1C(=O)C=CC1=O.CCNC.CCO.CCOC(=O)ONS.CCOCC(=O)ONS.CCOCCC1OCCO1. The quantitative estimate of drug-likeness (QED) is 0.0265. The van der Waals surface area contributed by atoms with E-state index in [0.717, 1.165) is 65.6 Å². The summed E-state index contributed by atoms with van der Waals surface area (Å²) in [5, 5.41) is 26.8. The van der Waals surface area contributed by atoms with E-state index in [1.165, 1.54) is 17.1 Å².